The van der Waals surface area contributed by atoms with Crippen LogP contribution in [0.1, 0.15) is 16.7 Å². The maximum absolute atomic E-state index is 5.77. The number of nitrogens with zero attached hydrogens (tertiary/aromatic N) is 2. The van der Waals surface area contributed by atoms with Gasteiger partial charge in [-0.15, -0.1) is 0 Å². The van der Waals surface area contributed by atoms with E-state index in [1.807, 2.05) is 39.0 Å². The van der Waals surface area contributed by atoms with Crippen LogP contribution in [0, 0.1) is 20.8 Å². The van der Waals surface area contributed by atoms with E-state index < -0.39 is 0 Å². The third-order valence-corrected chi connectivity index (χ3v) is 2.84. The van der Waals surface area contributed by atoms with E-state index in [0.717, 1.165) is 16.9 Å². The van der Waals surface area contributed by atoms with E-state index in [4.69, 9.17) is 10.5 Å². The second-order valence-electron chi connectivity index (χ2n) is 3.99. The molecular weight excluding hydrogens is 214 g/mol. The highest BCUT2D eigenvalue weighted by Gasteiger charge is 2.08. The highest BCUT2D eigenvalue weighted by atomic mass is 16.5. The van der Waals surface area contributed by atoms with Crippen molar-refractivity contribution in [1.82, 2.24) is 9.97 Å². The molecule has 0 aliphatic rings. The van der Waals surface area contributed by atoms with Crippen LogP contribution < -0.4 is 10.5 Å². The Kier molecular flexibility index (Phi) is 2.95. The van der Waals surface area contributed by atoms with Gasteiger partial charge in [-0.25, -0.2) is 9.97 Å². The van der Waals surface area contributed by atoms with Gasteiger partial charge in [0.1, 0.15) is 17.9 Å². The van der Waals surface area contributed by atoms with Crippen LogP contribution in [0.15, 0.2) is 24.5 Å². The van der Waals surface area contributed by atoms with Crippen LogP contribution in [0.2, 0.25) is 0 Å². The molecule has 2 aromatic rings. The highest BCUT2D eigenvalue weighted by Crippen LogP contribution is 2.28. The number of benzene rings is 1. The average molecular weight is 229 g/mol. The van der Waals surface area contributed by atoms with Crippen LogP contribution in [0.25, 0.3) is 0 Å². The first-order valence-electron chi connectivity index (χ1n) is 5.40. The topological polar surface area (TPSA) is 61.0 Å². The predicted octanol–water partition coefficient (Wildman–Crippen LogP) is 2.78. The van der Waals surface area contributed by atoms with Crippen LogP contribution >= 0.6 is 0 Å². The Hall–Kier alpha value is -2.10. The quantitative estimate of drug-likeness (QED) is 0.860. The largest absolute Gasteiger partial charge is 0.438 e. The van der Waals surface area contributed by atoms with Crippen LogP contribution in [0.5, 0.6) is 11.6 Å². The van der Waals surface area contributed by atoms with E-state index in [1.54, 1.807) is 0 Å². The lowest BCUT2D eigenvalue weighted by Crippen LogP contribution is -2.00. The number of aromatic nitrogens is 2. The van der Waals surface area contributed by atoms with Crippen LogP contribution in [0.4, 0.5) is 5.82 Å². The summed E-state index contributed by atoms with van der Waals surface area (Å²) in [6, 6.07) is 5.92. The lowest BCUT2D eigenvalue weighted by Gasteiger charge is -2.11. The van der Waals surface area contributed by atoms with Crippen molar-refractivity contribution in [3.8, 4) is 11.6 Å². The summed E-state index contributed by atoms with van der Waals surface area (Å²) in [5.74, 6) is 1.75. The molecule has 0 saturated carbocycles. The van der Waals surface area contributed by atoms with Crippen molar-refractivity contribution in [3.63, 3.8) is 0 Å². The molecule has 2 rings (SSSR count). The molecule has 0 radical (unpaired) electrons. The number of hydrogen-bond acceptors (Lipinski definition) is 4. The van der Waals surface area contributed by atoms with Crippen molar-refractivity contribution >= 4 is 5.82 Å². The van der Waals surface area contributed by atoms with E-state index in [1.165, 1.54) is 11.9 Å². The number of anilines is 1. The van der Waals surface area contributed by atoms with E-state index in [9.17, 15) is 0 Å². The Morgan fingerprint density at radius 1 is 1.06 bits per heavy atom. The first kappa shape index (κ1) is 11.4. The van der Waals surface area contributed by atoms with Gasteiger partial charge in [0, 0.05) is 0 Å². The Labute approximate surface area is 100 Å². The SMILES string of the molecule is Cc1cccc(Oc2ncnc(N)c2C)c1C. The Morgan fingerprint density at radius 2 is 1.82 bits per heavy atom. The first-order valence-corrected chi connectivity index (χ1v) is 5.40. The minimum Gasteiger partial charge on any atom is -0.438 e. The van der Waals surface area contributed by atoms with E-state index in [0.29, 0.717) is 11.7 Å². The summed E-state index contributed by atoms with van der Waals surface area (Å²) in [6.07, 6.45) is 1.41. The normalized spacial score (nSPS) is 10.3. The summed E-state index contributed by atoms with van der Waals surface area (Å²) in [6.45, 7) is 5.91. The summed E-state index contributed by atoms with van der Waals surface area (Å²) in [7, 11) is 0. The number of nitrogen functional groups attached to an aromatic ring is 1. The number of rotatable bonds is 2. The van der Waals surface area contributed by atoms with Gasteiger partial charge in [0.2, 0.25) is 5.88 Å². The predicted molar refractivity (Wildman–Crippen MR) is 67.2 cm³/mol. The van der Waals surface area contributed by atoms with E-state index >= 15 is 0 Å². The molecule has 2 N–H and O–H groups in total. The molecule has 1 aromatic heterocycles. The van der Waals surface area contributed by atoms with Gasteiger partial charge in [-0.1, -0.05) is 12.1 Å². The molecule has 0 amide bonds. The standard InChI is InChI=1S/C13H15N3O/c1-8-5-4-6-11(9(8)2)17-13-10(3)12(14)15-7-16-13/h4-7H,1-3H3,(H2,14,15,16). The maximum atomic E-state index is 5.77. The van der Waals surface area contributed by atoms with E-state index in [-0.39, 0.29) is 0 Å². The fraction of sp³-hybridized carbons (Fsp3) is 0.231. The molecule has 0 aliphatic heterocycles. The van der Waals surface area contributed by atoms with E-state index in [2.05, 4.69) is 9.97 Å². The first-order chi connectivity index (χ1) is 8.09. The molecule has 0 aliphatic carbocycles. The van der Waals surface area contributed by atoms with Gasteiger partial charge in [-0.2, -0.15) is 0 Å². The Balaban J connectivity index is 2.38. The van der Waals surface area contributed by atoms with Crippen molar-refractivity contribution in [2.75, 3.05) is 5.73 Å². The third-order valence-electron chi connectivity index (χ3n) is 2.84. The minimum absolute atomic E-state index is 0.445. The van der Waals surface area contributed by atoms with Gasteiger partial charge in [0.05, 0.1) is 5.56 Å². The second-order valence-corrected chi connectivity index (χ2v) is 3.99. The minimum atomic E-state index is 0.445. The number of hydrogen-bond donors (Lipinski definition) is 1. The lowest BCUT2D eigenvalue weighted by molar-refractivity contribution is 0.454. The molecule has 88 valence electrons. The molecule has 0 saturated heterocycles. The van der Waals surface area contributed by atoms with Crippen molar-refractivity contribution in [2.24, 2.45) is 0 Å². The molecule has 0 bridgehead atoms. The van der Waals surface area contributed by atoms with Crippen molar-refractivity contribution in [1.29, 1.82) is 0 Å². The zero-order valence-corrected chi connectivity index (χ0v) is 10.2. The van der Waals surface area contributed by atoms with Gasteiger partial charge in [-0.3, -0.25) is 0 Å². The lowest BCUT2D eigenvalue weighted by atomic mass is 10.1. The summed E-state index contributed by atoms with van der Waals surface area (Å²) in [5.41, 5.74) is 8.75. The summed E-state index contributed by atoms with van der Waals surface area (Å²) in [4.78, 5) is 8.00. The maximum Gasteiger partial charge on any atom is 0.227 e. The summed E-state index contributed by atoms with van der Waals surface area (Å²) < 4.78 is 5.77. The molecule has 0 fully saturated rings. The van der Waals surface area contributed by atoms with Gasteiger partial charge < -0.3 is 10.5 Å². The second kappa shape index (κ2) is 4.41. The smallest absolute Gasteiger partial charge is 0.227 e. The highest BCUT2D eigenvalue weighted by molar-refractivity contribution is 5.46. The zero-order valence-electron chi connectivity index (χ0n) is 10.2. The third kappa shape index (κ3) is 2.20. The molecule has 0 unspecified atom stereocenters. The van der Waals surface area contributed by atoms with Crippen LogP contribution in [-0.2, 0) is 0 Å². The zero-order chi connectivity index (χ0) is 12.4. The van der Waals surface area contributed by atoms with Crippen LogP contribution in [0.3, 0.4) is 0 Å². The van der Waals surface area contributed by atoms with Crippen molar-refractivity contribution in [3.05, 3.63) is 41.2 Å². The molecule has 1 aromatic carbocycles. The fourth-order valence-corrected chi connectivity index (χ4v) is 1.49. The Bertz CT molecular complexity index is 503. The van der Waals surface area contributed by atoms with Gasteiger partial charge >= 0.3 is 0 Å². The van der Waals surface area contributed by atoms with Crippen molar-refractivity contribution in [2.45, 2.75) is 20.8 Å². The van der Waals surface area contributed by atoms with Gasteiger partial charge in [0.25, 0.3) is 0 Å². The molecule has 17 heavy (non-hydrogen) atoms. The molecule has 4 nitrogen and oxygen atoms in total. The van der Waals surface area contributed by atoms with Crippen LogP contribution in [-0.4, -0.2) is 9.97 Å². The summed E-state index contributed by atoms with van der Waals surface area (Å²) in [5, 5.41) is 0. The number of aryl methyl sites for hydroxylation is 1. The van der Waals surface area contributed by atoms with Gasteiger partial charge in [0.15, 0.2) is 0 Å². The molecular formula is C13H15N3O. The molecule has 0 atom stereocenters. The average Bonchev–Trinajstić information content (AvgIpc) is 2.31. The molecule has 1 heterocycles. The monoisotopic (exact) mass is 229 g/mol. The van der Waals surface area contributed by atoms with Crippen molar-refractivity contribution < 1.29 is 4.74 Å². The number of ether oxygens (including phenoxy) is 1. The van der Waals surface area contributed by atoms with Gasteiger partial charge in [-0.05, 0) is 38.0 Å². The molecule has 4 heteroatoms. The Morgan fingerprint density at radius 3 is 2.59 bits per heavy atom. The fourth-order valence-electron chi connectivity index (χ4n) is 1.49. The molecule has 0 spiro atoms. The summed E-state index contributed by atoms with van der Waals surface area (Å²) >= 11 is 0. The number of nitrogens with two attached hydrogens (primary N) is 1.